The quantitative estimate of drug-likeness (QED) is 0.849. The number of benzene rings is 1. The number of hydrogen-bond donors (Lipinski definition) is 0. The Bertz CT molecular complexity index is 570. The minimum absolute atomic E-state index is 0.0255. The summed E-state index contributed by atoms with van der Waals surface area (Å²) in [4.78, 5) is 28.7. The van der Waals surface area contributed by atoms with Crippen LogP contribution in [0.1, 0.15) is 25.3 Å². The van der Waals surface area contributed by atoms with Gasteiger partial charge in [-0.15, -0.1) is 0 Å². The Kier molecular flexibility index (Phi) is 4.05. The van der Waals surface area contributed by atoms with Crippen molar-refractivity contribution in [3.05, 3.63) is 29.8 Å². The van der Waals surface area contributed by atoms with Gasteiger partial charge in [0.05, 0.1) is 13.5 Å². The molecule has 2 aliphatic heterocycles. The van der Waals surface area contributed by atoms with Gasteiger partial charge in [0.1, 0.15) is 11.8 Å². The largest absolute Gasteiger partial charge is 0.497 e. The molecule has 0 unspecified atom stereocenters. The summed E-state index contributed by atoms with van der Waals surface area (Å²) in [6, 6.07) is 7.37. The lowest BCUT2D eigenvalue weighted by Gasteiger charge is -2.41. The summed E-state index contributed by atoms with van der Waals surface area (Å²) in [5.41, 5.74) is 0.944. The number of methoxy groups -OCH3 is 1. The highest BCUT2D eigenvalue weighted by Gasteiger charge is 2.41. The molecule has 2 fully saturated rings. The fraction of sp³-hybridized carbons (Fsp3) is 0.529. The second kappa shape index (κ2) is 5.99. The van der Waals surface area contributed by atoms with Crippen LogP contribution in [0.5, 0.6) is 5.75 Å². The fourth-order valence-corrected chi connectivity index (χ4v) is 3.41. The Morgan fingerprint density at radius 3 is 2.73 bits per heavy atom. The summed E-state index contributed by atoms with van der Waals surface area (Å²) >= 11 is 0. The van der Waals surface area contributed by atoms with E-state index in [1.807, 2.05) is 36.1 Å². The number of piperazine rings is 1. The fourth-order valence-electron chi connectivity index (χ4n) is 3.41. The molecule has 0 bridgehead atoms. The number of ether oxygens (including phenoxy) is 1. The molecule has 1 aromatic carbocycles. The highest BCUT2D eigenvalue weighted by Crippen LogP contribution is 2.26. The predicted molar refractivity (Wildman–Crippen MR) is 82.6 cm³/mol. The van der Waals surface area contributed by atoms with Crippen LogP contribution in [0.2, 0.25) is 0 Å². The molecule has 5 nitrogen and oxygen atoms in total. The van der Waals surface area contributed by atoms with Crippen LogP contribution in [-0.4, -0.2) is 53.9 Å². The van der Waals surface area contributed by atoms with Gasteiger partial charge in [-0.3, -0.25) is 9.59 Å². The van der Waals surface area contributed by atoms with Crippen molar-refractivity contribution in [2.24, 2.45) is 0 Å². The van der Waals surface area contributed by atoms with Crippen molar-refractivity contribution >= 4 is 11.8 Å². The van der Waals surface area contributed by atoms with Crippen LogP contribution in [0.3, 0.4) is 0 Å². The second-order valence-corrected chi connectivity index (χ2v) is 6.07. The maximum atomic E-state index is 12.6. The van der Waals surface area contributed by atoms with Gasteiger partial charge in [-0.25, -0.2) is 0 Å². The lowest BCUT2D eigenvalue weighted by atomic mass is 10.0. The molecule has 2 aliphatic rings. The Hall–Kier alpha value is -2.04. The maximum Gasteiger partial charge on any atom is 0.245 e. The first-order valence-corrected chi connectivity index (χ1v) is 7.83. The van der Waals surface area contributed by atoms with Crippen LogP contribution in [0, 0.1) is 0 Å². The SMILES string of the molecule is COc1ccc(CC(=O)N2C[C@@H]3CCCN3C(=O)[C@@H]2C)cc1. The smallest absolute Gasteiger partial charge is 0.245 e. The molecule has 1 aromatic rings. The average molecular weight is 302 g/mol. The monoisotopic (exact) mass is 302 g/mol. The lowest BCUT2D eigenvalue weighted by Crippen LogP contribution is -2.60. The van der Waals surface area contributed by atoms with Gasteiger partial charge >= 0.3 is 0 Å². The maximum absolute atomic E-state index is 12.6. The van der Waals surface area contributed by atoms with Gasteiger partial charge in [-0.05, 0) is 37.5 Å². The average Bonchev–Trinajstić information content (AvgIpc) is 3.00. The summed E-state index contributed by atoms with van der Waals surface area (Å²) < 4.78 is 5.12. The minimum atomic E-state index is -0.347. The van der Waals surface area contributed by atoms with E-state index >= 15 is 0 Å². The molecule has 118 valence electrons. The van der Waals surface area contributed by atoms with Crippen LogP contribution in [0.25, 0.3) is 0 Å². The van der Waals surface area contributed by atoms with E-state index in [0.29, 0.717) is 13.0 Å². The first kappa shape index (κ1) is 14.9. The summed E-state index contributed by atoms with van der Waals surface area (Å²) in [5, 5.41) is 0. The number of amides is 2. The van der Waals surface area contributed by atoms with Crippen LogP contribution in [-0.2, 0) is 16.0 Å². The van der Waals surface area contributed by atoms with Gasteiger partial charge in [-0.1, -0.05) is 12.1 Å². The van der Waals surface area contributed by atoms with Crippen molar-refractivity contribution < 1.29 is 14.3 Å². The third-order valence-corrected chi connectivity index (χ3v) is 4.73. The van der Waals surface area contributed by atoms with E-state index in [2.05, 4.69) is 0 Å². The van der Waals surface area contributed by atoms with Crippen molar-refractivity contribution in [3.63, 3.8) is 0 Å². The Morgan fingerprint density at radius 2 is 2.05 bits per heavy atom. The Balaban J connectivity index is 1.69. The minimum Gasteiger partial charge on any atom is -0.497 e. The number of carbonyl (C=O) groups excluding carboxylic acids is 2. The van der Waals surface area contributed by atoms with Crippen LogP contribution < -0.4 is 4.74 Å². The molecule has 0 aromatic heterocycles. The normalized spacial score (nSPS) is 24.4. The van der Waals surface area contributed by atoms with Crippen molar-refractivity contribution in [1.82, 2.24) is 9.80 Å². The molecule has 0 spiro atoms. The summed E-state index contributed by atoms with van der Waals surface area (Å²) in [6.45, 7) is 3.35. The van der Waals surface area contributed by atoms with Crippen molar-refractivity contribution in [3.8, 4) is 5.75 Å². The van der Waals surface area contributed by atoms with E-state index in [1.165, 1.54) is 0 Å². The first-order chi connectivity index (χ1) is 10.6. The molecule has 3 rings (SSSR count). The van der Waals surface area contributed by atoms with Crippen molar-refractivity contribution in [2.45, 2.75) is 38.3 Å². The van der Waals surface area contributed by atoms with E-state index in [9.17, 15) is 9.59 Å². The molecule has 2 atom stereocenters. The van der Waals surface area contributed by atoms with E-state index in [1.54, 1.807) is 12.0 Å². The molecule has 0 N–H and O–H groups in total. The molecule has 5 heteroatoms. The van der Waals surface area contributed by atoms with Gasteiger partial charge in [0.25, 0.3) is 0 Å². The van der Waals surface area contributed by atoms with E-state index in [0.717, 1.165) is 30.7 Å². The van der Waals surface area contributed by atoms with Gasteiger partial charge in [0.15, 0.2) is 0 Å². The molecule has 2 saturated heterocycles. The van der Waals surface area contributed by atoms with E-state index < -0.39 is 0 Å². The lowest BCUT2D eigenvalue weighted by molar-refractivity contribution is -0.152. The van der Waals surface area contributed by atoms with Crippen LogP contribution in [0.4, 0.5) is 0 Å². The standard InChI is InChI=1S/C17H22N2O3/c1-12-17(21)18-9-3-4-14(18)11-19(12)16(20)10-13-5-7-15(22-2)8-6-13/h5-8,12,14H,3-4,9-11H2,1-2H3/t12-,14-/m0/s1. The summed E-state index contributed by atoms with van der Waals surface area (Å²) in [6.07, 6.45) is 2.38. The topological polar surface area (TPSA) is 49.9 Å². The Morgan fingerprint density at radius 1 is 1.32 bits per heavy atom. The number of nitrogens with zero attached hydrogens (tertiary/aromatic N) is 2. The highest BCUT2D eigenvalue weighted by atomic mass is 16.5. The molecule has 22 heavy (non-hydrogen) atoms. The van der Waals surface area contributed by atoms with E-state index in [4.69, 9.17) is 4.74 Å². The van der Waals surface area contributed by atoms with Crippen molar-refractivity contribution in [2.75, 3.05) is 20.2 Å². The van der Waals surface area contributed by atoms with E-state index in [-0.39, 0.29) is 23.9 Å². The zero-order valence-corrected chi connectivity index (χ0v) is 13.1. The van der Waals surface area contributed by atoms with Gasteiger partial charge < -0.3 is 14.5 Å². The number of carbonyl (C=O) groups is 2. The molecule has 0 radical (unpaired) electrons. The van der Waals surface area contributed by atoms with Gasteiger partial charge in [0.2, 0.25) is 11.8 Å². The summed E-state index contributed by atoms with van der Waals surface area (Å²) in [5.74, 6) is 0.897. The van der Waals surface area contributed by atoms with Crippen LogP contribution >= 0.6 is 0 Å². The molecular formula is C17H22N2O3. The predicted octanol–water partition coefficient (Wildman–Crippen LogP) is 1.46. The van der Waals surface area contributed by atoms with Crippen LogP contribution in [0.15, 0.2) is 24.3 Å². The zero-order valence-electron chi connectivity index (χ0n) is 13.1. The molecular weight excluding hydrogens is 280 g/mol. The van der Waals surface area contributed by atoms with Gasteiger partial charge in [0, 0.05) is 19.1 Å². The van der Waals surface area contributed by atoms with Gasteiger partial charge in [-0.2, -0.15) is 0 Å². The molecule has 0 aliphatic carbocycles. The molecule has 2 amide bonds. The number of fused-ring (bicyclic) bond motifs is 1. The third kappa shape index (κ3) is 2.67. The number of hydrogen-bond acceptors (Lipinski definition) is 3. The van der Waals surface area contributed by atoms with Crippen molar-refractivity contribution in [1.29, 1.82) is 0 Å². The Labute approximate surface area is 130 Å². The zero-order chi connectivity index (χ0) is 15.7. The second-order valence-electron chi connectivity index (χ2n) is 6.07. The molecule has 0 saturated carbocycles. The molecule has 2 heterocycles. The third-order valence-electron chi connectivity index (χ3n) is 4.73. The first-order valence-electron chi connectivity index (χ1n) is 7.83. The number of rotatable bonds is 3. The summed E-state index contributed by atoms with van der Waals surface area (Å²) in [7, 11) is 1.62. The highest BCUT2D eigenvalue weighted by molar-refractivity contribution is 5.89.